The molecule has 0 aliphatic carbocycles. The summed E-state index contributed by atoms with van der Waals surface area (Å²) in [6.07, 6.45) is 5.69. The van der Waals surface area contributed by atoms with E-state index in [4.69, 9.17) is 0 Å². The number of hydrogen-bond acceptors (Lipinski definition) is 3. The van der Waals surface area contributed by atoms with Crippen LogP contribution in [0.1, 0.15) is 31.9 Å². The predicted molar refractivity (Wildman–Crippen MR) is 78.5 cm³/mol. The molecule has 100 valence electrons. The van der Waals surface area contributed by atoms with Crippen molar-refractivity contribution in [3.63, 3.8) is 0 Å². The van der Waals surface area contributed by atoms with Crippen molar-refractivity contribution >= 4 is 15.9 Å². The molecule has 1 aliphatic heterocycles. The Hall–Kier alpha value is -0.450. The van der Waals surface area contributed by atoms with Crippen molar-refractivity contribution in [1.29, 1.82) is 0 Å². The lowest BCUT2D eigenvalue weighted by Crippen LogP contribution is -2.46. The van der Waals surface area contributed by atoms with Gasteiger partial charge in [0.1, 0.15) is 0 Å². The van der Waals surface area contributed by atoms with Crippen LogP contribution in [0.25, 0.3) is 0 Å². The number of piperidine rings is 1. The molecule has 1 unspecified atom stereocenters. The van der Waals surface area contributed by atoms with Gasteiger partial charge in [-0.2, -0.15) is 0 Å². The van der Waals surface area contributed by atoms with E-state index in [1.807, 2.05) is 6.20 Å². The van der Waals surface area contributed by atoms with Crippen molar-refractivity contribution < 1.29 is 0 Å². The third-order valence-electron chi connectivity index (χ3n) is 3.45. The first-order valence-electron chi connectivity index (χ1n) is 6.85. The maximum Gasteiger partial charge on any atom is 0.0544 e. The molecule has 0 amide bonds. The Labute approximate surface area is 118 Å². The largest absolute Gasteiger partial charge is 0.315 e. The standard InChI is InChI=1S/C14H22BrN3/c1-2-8-18(14-4-3-7-16-10-14)11-13-6-5-12(15)9-17-13/h5-6,9,14,16H,2-4,7-8,10-11H2,1H3. The lowest BCUT2D eigenvalue weighted by Gasteiger charge is -2.34. The second-order valence-electron chi connectivity index (χ2n) is 4.94. The van der Waals surface area contributed by atoms with Gasteiger partial charge in [0.05, 0.1) is 5.69 Å². The zero-order valence-corrected chi connectivity index (χ0v) is 12.6. The normalized spacial score (nSPS) is 20.3. The van der Waals surface area contributed by atoms with E-state index in [-0.39, 0.29) is 0 Å². The summed E-state index contributed by atoms with van der Waals surface area (Å²) in [5, 5.41) is 3.50. The molecule has 1 aromatic heterocycles. The molecule has 1 saturated heterocycles. The van der Waals surface area contributed by atoms with E-state index in [1.54, 1.807) is 0 Å². The fourth-order valence-electron chi connectivity index (χ4n) is 2.53. The van der Waals surface area contributed by atoms with Gasteiger partial charge in [0.2, 0.25) is 0 Å². The molecule has 0 aromatic carbocycles. The van der Waals surface area contributed by atoms with Crippen molar-refractivity contribution in [1.82, 2.24) is 15.2 Å². The summed E-state index contributed by atoms with van der Waals surface area (Å²) in [7, 11) is 0. The zero-order valence-electron chi connectivity index (χ0n) is 11.0. The molecule has 1 N–H and O–H groups in total. The Morgan fingerprint density at radius 3 is 3.00 bits per heavy atom. The smallest absolute Gasteiger partial charge is 0.0544 e. The minimum atomic E-state index is 0.671. The molecule has 0 radical (unpaired) electrons. The monoisotopic (exact) mass is 311 g/mol. The SMILES string of the molecule is CCCN(Cc1ccc(Br)cn1)C1CCCNC1. The van der Waals surface area contributed by atoms with E-state index in [2.05, 4.69) is 50.2 Å². The van der Waals surface area contributed by atoms with Crippen LogP contribution < -0.4 is 5.32 Å². The molecule has 4 heteroatoms. The summed E-state index contributed by atoms with van der Waals surface area (Å²) in [6, 6.07) is 4.86. The quantitative estimate of drug-likeness (QED) is 0.906. The lowest BCUT2D eigenvalue weighted by molar-refractivity contribution is 0.156. The fourth-order valence-corrected chi connectivity index (χ4v) is 2.77. The zero-order chi connectivity index (χ0) is 12.8. The van der Waals surface area contributed by atoms with Crippen LogP contribution in [-0.2, 0) is 6.54 Å². The molecule has 3 nitrogen and oxygen atoms in total. The third-order valence-corrected chi connectivity index (χ3v) is 3.92. The Morgan fingerprint density at radius 1 is 1.50 bits per heavy atom. The van der Waals surface area contributed by atoms with E-state index in [9.17, 15) is 0 Å². The van der Waals surface area contributed by atoms with Crippen LogP contribution in [0, 0.1) is 0 Å². The van der Waals surface area contributed by atoms with E-state index >= 15 is 0 Å². The van der Waals surface area contributed by atoms with Gasteiger partial charge in [0, 0.05) is 29.8 Å². The van der Waals surface area contributed by atoms with E-state index in [1.165, 1.54) is 25.8 Å². The van der Waals surface area contributed by atoms with Crippen LogP contribution >= 0.6 is 15.9 Å². The minimum absolute atomic E-state index is 0.671. The highest BCUT2D eigenvalue weighted by Crippen LogP contribution is 2.15. The Morgan fingerprint density at radius 2 is 2.39 bits per heavy atom. The van der Waals surface area contributed by atoms with Crippen molar-refractivity contribution in [2.45, 2.75) is 38.8 Å². The predicted octanol–water partition coefficient (Wildman–Crippen LogP) is 2.81. The first kappa shape index (κ1) is 14.0. The van der Waals surface area contributed by atoms with Crippen LogP contribution in [0.4, 0.5) is 0 Å². The molecular formula is C14H22BrN3. The Balaban J connectivity index is 1.98. The summed E-state index contributed by atoms with van der Waals surface area (Å²) >= 11 is 3.43. The molecule has 0 bridgehead atoms. The number of hydrogen-bond donors (Lipinski definition) is 1. The van der Waals surface area contributed by atoms with Gasteiger partial charge >= 0.3 is 0 Å². The molecule has 1 fully saturated rings. The maximum absolute atomic E-state index is 4.49. The number of nitrogens with one attached hydrogen (secondary N) is 1. The lowest BCUT2D eigenvalue weighted by atomic mass is 10.1. The molecule has 0 saturated carbocycles. The number of aromatic nitrogens is 1. The van der Waals surface area contributed by atoms with Crippen LogP contribution in [0.15, 0.2) is 22.8 Å². The molecular weight excluding hydrogens is 290 g/mol. The fraction of sp³-hybridized carbons (Fsp3) is 0.643. The second kappa shape index (κ2) is 7.22. The van der Waals surface area contributed by atoms with Gasteiger partial charge in [-0.05, 0) is 60.4 Å². The average molecular weight is 312 g/mol. The number of rotatable bonds is 5. The Bertz CT molecular complexity index is 347. The summed E-state index contributed by atoms with van der Waals surface area (Å²) in [4.78, 5) is 7.06. The van der Waals surface area contributed by atoms with Crippen LogP contribution in [0.5, 0.6) is 0 Å². The van der Waals surface area contributed by atoms with E-state index in [0.29, 0.717) is 6.04 Å². The molecule has 1 atom stereocenters. The van der Waals surface area contributed by atoms with Crippen LogP contribution in [0.2, 0.25) is 0 Å². The summed E-state index contributed by atoms with van der Waals surface area (Å²) in [5.41, 5.74) is 1.16. The van der Waals surface area contributed by atoms with E-state index in [0.717, 1.165) is 29.8 Å². The number of halogens is 1. The Kier molecular flexibility index (Phi) is 5.60. The highest BCUT2D eigenvalue weighted by Gasteiger charge is 2.20. The van der Waals surface area contributed by atoms with Gasteiger partial charge in [0.15, 0.2) is 0 Å². The molecule has 1 aromatic rings. The number of nitrogens with zero attached hydrogens (tertiary/aromatic N) is 2. The van der Waals surface area contributed by atoms with Gasteiger partial charge in [-0.3, -0.25) is 9.88 Å². The topological polar surface area (TPSA) is 28.2 Å². The molecule has 18 heavy (non-hydrogen) atoms. The number of pyridine rings is 1. The van der Waals surface area contributed by atoms with E-state index < -0.39 is 0 Å². The molecule has 0 spiro atoms. The van der Waals surface area contributed by atoms with Gasteiger partial charge in [-0.25, -0.2) is 0 Å². The van der Waals surface area contributed by atoms with Gasteiger partial charge < -0.3 is 5.32 Å². The summed E-state index contributed by atoms with van der Waals surface area (Å²) in [6.45, 7) is 6.67. The molecule has 2 heterocycles. The summed E-state index contributed by atoms with van der Waals surface area (Å²) < 4.78 is 1.05. The van der Waals surface area contributed by atoms with Gasteiger partial charge in [0.25, 0.3) is 0 Å². The first-order chi connectivity index (χ1) is 8.79. The summed E-state index contributed by atoms with van der Waals surface area (Å²) in [5.74, 6) is 0. The minimum Gasteiger partial charge on any atom is -0.315 e. The highest BCUT2D eigenvalue weighted by molar-refractivity contribution is 9.10. The van der Waals surface area contributed by atoms with Crippen molar-refractivity contribution in [3.8, 4) is 0 Å². The molecule has 2 rings (SSSR count). The van der Waals surface area contributed by atoms with Crippen molar-refractivity contribution in [2.75, 3.05) is 19.6 Å². The van der Waals surface area contributed by atoms with Crippen LogP contribution in [0.3, 0.4) is 0 Å². The van der Waals surface area contributed by atoms with Crippen molar-refractivity contribution in [2.24, 2.45) is 0 Å². The van der Waals surface area contributed by atoms with Gasteiger partial charge in [-0.1, -0.05) is 6.92 Å². The van der Waals surface area contributed by atoms with Crippen LogP contribution in [-0.4, -0.2) is 35.6 Å². The van der Waals surface area contributed by atoms with Crippen molar-refractivity contribution in [3.05, 3.63) is 28.5 Å². The maximum atomic E-state index is 4.49. The molecule has 1 aliphatic rings. The highest BCUT2D eigenvalue weighted by atomic mass is 79.9. The average Bonchev–Trinajstić information content (AvgIpc) is 2.42. The van der Waals surface area contributed by atoms with Gasteiger partial charge in [-0.15, -0.1) is 0 Å². The third kappa shape index (κ3) is 4.04. The second-order valence-corrected chi connectivity index (χ2v) is 5.85. The first-order valence-corrected chi connectivity index (χ1v) is 7.64.